The van der Waals surface area contributed by atoms with Crippen molar-refractivity contribution in [1.29, 1.82) is 5.26 Å². The van der Waals surface area contributed by atoms with Crippen LogP contribution in [-0.2, 0) is 11.2 Å². The molecule has 158 valence electrons. The topological polar surface area (TPSA) is 123 Å². The minimum atomic E-state index is -0.685. The summed E-state index contributed by atoms with van der Waals surface area (Å²) in [5.41, 5.74) is 7.63. The molecule has 8 nitrogen and oxygen atoms in total. The Balaban J connectivity index is 2.00. The normalized spacial score (nSPS) is 10.5. The fraction of sp³-hybridized carbons (Fsp3) is 0.182. The maximum absolute atomic E-state index is 13.1. The number of halogens is 1. The minimum Gasteiger partial charge on any atom is -0.384 e. The Bertz CT molecular complexity index is 1220. The van der Waals surface area contributed by atoms with E-state index in [1.165, 1.54) is 12.4 Å². The number of rotatable bonds is 6. The Morgan fingerprint density at radius 3 is 2.81 bits per heavy atom. The SMILES string of the molecule is COCCc1cccc(NC(=O)c2c(N)ncn(-c3c(C)cc(C#N)cc3Cl)c2=O)c1. The Kier molecular flexibility index (Phi) is 6.70. The summed E-state index contributed by atoms with van der Waals surface area (Å²) in [6, 6.07) is 12.3. The molecule has 0 saturated heterocycles. The van der Waals surface area contributed by atoms with Gasteiger partial charge in [0.05, 0.1) is 28.9 Å². The van der Waals surface area contributed by atoms with Crippen LogP contribution in [0.3, 0.4) is 0 Å². The Hall–Kier alpha value is -3.67. The third kappa shape index (κ3) is 4.74. The van der Waals surface area contributed by atoms with Crippen molar-refractivity contribution in [3.63, 3.8) is 0 Å². The fourth-order valence-electron chi connectivity index (χ4n) is 3.16. The van der Waals surface area contributed by atoms with Crippen LogP contribution in [0.1, 0.15) is 27.0 Å². The lowest BCUT2D eigenvalue weighted by Gasteiger charge is -2.14. The zero-order valence-electron chi connectivity index (χ0n) is 17.0. The van der Waals surface area contributed by atoms with Crippen molar-refractivity contribution >= 4 is 29.0 Å². The first-order valence-corrected chi connectivity index (χ1v) is 9.70. The zero-order valence-corrected chi connectivity index (χ0v) is 17.7. The van der Waals surface area contributed by atoms with Gasteiger partial charge in [-0.1, -0.05) is 23.7 Å². The first kappa shape index (κ1) is 22.0. The summed E-state index contributed by atoms with van der Waals surface area (Å²) in [5, 5.41) is 12.0. The lowest BCUT2D eigenvalue weighted by atomic mass is 10.1. The number of aromatic nitrogens is 2. The Labute approximate surface area is 183 Å². The molecule has 0 saturated carbocycles. The van der Waals surface area contributed by atoms with E-state index in [9.17, 15) is 9.59 Å². The Morgan fingerprint density at radius 1 is 1.35 bits per heavy atom. The molecule has 0 aliphatic heterocycles. The molecule has 0 aliphatic rings. The van der Waals surface area contributed by atoms with Crippen LogP contribution in [0.25, 0.3) is 5.69 Å². The summed E-state index contributed by atoms with van der Waals surface area (Å²) in [6.45, 7) is 2.25. The van der Waals surface area contributed by atoms with E-state index in [2.05, 4.69) is 10.3 Å². The number of nitrogen functional groups attached to an aromatic ring is 1. The van der Waals surface area contributed by atoms with Crippen molar-refractivity contribution in [3.05, 3.63) is 80.4 Å². The molecule has 0 radical (unpaired) electrons. The molecule has 0 atom stereocenters. The van der Waals surface area contributed by atoms with Crippen LogP contribution in [0.4, 0.5) is 11.5 Å². The van der Waals surface area contributed by atoms with E-state index in [1.54, 1.807) is 38.3 Å². The van der Waals surface area contributed by atoms with Crippen LogP contribution in [0.5, 0.6) is 0 Å². The summed E-state index contributed by atoms with van der Waals surface area (Å²) in [5.74, 6) is -0.882. The summed E-state index contributed by atoms with van der Waals surface area (Å²) in [7, 11) is 1.61. The second-order valence-corrected chi connectivity index (χ2v) is 7.22. The van der Waals surface area contributed by atoms with Crippen LogP contribution in [-0.4, -0.2) is 29.2 Å². The fourth-order valence-corrected chi connectivity index (χ4v) is 3.52. The number of methoxy groups -OCH3 is 1. The number of nitrogens with zero attached hydrogens (tertiary/aromatic N) is 3. The predicted molar refractivity (Wildman–Crippen MR) is 119 cm³/mol. The van der Waals surface area contributed by atoms with Gasteiger partial charge in [0.25, 0.3) is 11.5 Å². The molecule has 0 unspecified atom stereocenters. The molecule has 0 aliphatic carbocycles. The van der Waals surface area contributed by atoms with E-state index in [4.69, 9.17) is 27.3 Å². The van der Waals surface area contributed by atoms with Crippen molar-refractivity contribution in [2.45, 2.75) is 13.3 Å². The molecule has 3 rings (SSSR count). The molecule has 9 heteroatoms. The number of nitriles is 1. The molecule has 31 heavy (non-hydrogen) atoms. The first-order chi connectivity index (χ1) is 14.8. The lowest BCUT2D eigenvalue weighted by molar-refractivity contribution is 0.102. The van der Waals surface area contributed by atoms with Crippen molar-refractivity contribution in [3.8, 4) is 11.8 Å². The van der Waals surface area contributed by atoms with E-state index in [-0.39, 0.29) is 16.4 Å². The third-order valence-electron chi connectivity index (χ3n) is 4.63. The lowest BCUT2D eigenvalue weighted by Crippen LogP contribution is -2.31. The summed E-state index contributed by atoms with van der Waals surface area (Å²) < 4.78 is 6.22. The number of benzene rings is 2. The molecule has 3 aromatic rings. The van der Waals surface area contributed by atoms with Gasteiger partial charge in [-0.2, -0.15) is 5.26 Å². The van der Waals surface area contributed by atoms with Gasteiger partial charge in [0, 0.05) is 12.8 Å². The number of carbonyl (C=O) groups is 1. The minimum absolute atomic E-state index is 0.183. The largest absolute Gasteiger partial charge is 0.384 e. The number of nitrogens with two attached hydrogens (primary N) is 1. The molecule has 3 N–H and O–H groups in total. The van der Waals surface area contributed by atoms with Crippen LogP contribution >= 0.6 is 11.6 Å². The average molecular weight is 438 g/mol. The van der Waals surface area contributed by atoms with Gasteiger partial charge < -0.3 is 15.8 Å². The second kappa shape index (κ2) is 9.43. The zero-order chi connectivity index (χ0) is 22.5. The predicted octanol–water partition coefficient (Wildman–Crippen LogP) is 3.09. The number of anilines is 2. The van der Waals surface area contributed by atoms with Crippen LogP contribution in [0.2, 0.25) is 5.02 Å². The molecule has 2 aromatic carbocycles. The monoisotopic (exact) mass is 437 g/mol. The highest BCUT2D eigenvalue weighted by atomic mass is 35.5. The highest BCUT2D eigenvalue weighted by Gasteiger charge is 2.21. The van der Waals surface area contributed by atoms with Gasteiger partial charge in [0.1, 0.15) is 17.7 Å². The van der Waals surface area contributed by atoms with E-state index in [0.717, 1.165) is 10.1 Å². The van der Waals surface area contributed by atoms with E-state index < -0.39 is 11.5 Å². The summed E-state index contributed by atoms with van der Waals surface area (Å²) in [4.78, 5) is 30.0. The molecule has 0 fully saturated rings. The Morgan fingerprint density at radius 2 is 2.13 bits per heavy atom. The van der Waals surface area contributed by atoms with Gasteiger partial charge in [0.2, 0.25) is 0 Å². The number of nitrogens with one attached hydrogen (secondary N) is 1. The molecular formula is C22H20ClN5O3. The third-order valence-corrected chi connectivity index (χ3v) is 4.92. The van der Waals surface area contributed by atoms with Gasteiger partial charge in [-0.05, 0) is 48.7 Å². The van der Waals surface area contributed by atoms with Crippen molar-refractivity contribution in [2.75, 3.05) is 24.8 Å². The molecular weight excluding hydrogens is 418 g/mol. The average Bonchev–Trinajstić information content (AvgIpc) is 2.73. The van der Waals surface area contributed by atoms with Gasteiger partial charge in [-0.15, -0.1) is 0 Å². The van der Waals surface area contributed by atoms with Gasteiger partial charge in [-0.3, -0.25) is 14.2 Å². The maximum Gasteiger partial charge on any atom is 0.273 e. The number of amides is 1. The highest BCUT2D eigenvalue weighted by Crippen LogP contribution is 2.25. The summed E-state index contributed by atoms with van der Waals surface area (Å²) >= 11 is 6.30. The van der Waals surface area contributed by atoms with Crippen LogP contribution < -0.4 is 16.6 Å². The second-order valence-electron chi connectivity index (χ2n) is 6.81. The number of carbonyl (C=O) groups excluding carboxylic acids is 1. The maximum atomic E-state index is 13.1. The smallest absolute Gasteiger partial charge is 0.273 e. The van der Waals surface area contributed by atoms with Crippen molar-refractivity contribution in [2.24, 2.45) is 0 Å². The standard InChI is InChI=1S/C22H20ClN5O3/c1-13-8-15(11-24)10-17(23)19(13)28-12-26-20(25)18(22(28)30)21(29)27-16-5-3-4-14(9-16)6-7-31-2/h3-5,8-10,12H,6-7,25H2,1-2H3,(H,27,29). The van der Waals surface area contributed by atoms with Crippen molar-refractivity contribution in [1.82, 2.24) is 9.55 Å². The number of hydrogen-bond acceptors (Lipinski definition) is 6. The first-order valence-electron chi connectivity index (χ1n) is 9.32. The molecule has 1 aromatic heterocycles. The number of hydrogen-bond donors (Lipinski definition) is 2. The van der Waals surface area contributed by atoms with Crippen LogP contribution in [0.15, 0.2) is 47.5 Å². The summed E-state index contributed by atoms with van der Waals surface area (Å²) in [6.07, 6.45) is 1.89. The number of ether oxygens (including phenoxy) is 1. The number of aryl methyl sites for hydroxylation is 1. The van der Waals surface area contributed by atoms with Gasteiger partial charge in [0.15, 0.2) is 0 Å². The highest BCUT2D eigenvalue weighted by molar-refractivity contribution is 6.32. The van der Waals surface area contributed by atoms with Crippen molar-refractivity contribution < 1.29 is 9.53 Å². The van der Waals surface area contributed by atoms with E-state index in [0.29, 0.717) is 35.5 Å². The van der Waals surface area contributed by atoms with Crippen LogP contribution in [0, 0.1) is 18.3 Å². The molecule has 0 bridgehead atoms. The van der Waals surface area contributed by atoms with E-state index >= 15 is 0 Å². The molecule has 1 heterocycles. The quantitative estimate of drug-likeness (QED) is 0.610. The van der Waals surface area contributed by atoms with Gasteiger partial charge in [-0.25, -0.2) is 4.98 Å². The molecule has 0 spiro atoms. The van der Waals surface area contributed by atoms with E-state index in [1.807, 2.05) is 12.1 Å². The molecule has 1 amide bonds. The van der Waals surface area contributed by atoms with Gasteiger partial charge >= 0.3 is 0 Å².